The molecule has 0 amide bonds. The van der Waals surface area contributed by atoms with Gasteiger partial charge in [0.15, 0.2) is 5.96 Å². The highest BCUT2D eigenvalue weighted by atomic mass is 15.2. The van der Waals surface area contributed by atoms with Crippen LogP contribution < -0.4 is 15.5 Å². The Morgan fingerprint density at radius 2 is 2.25 bits per heavy atom. The highest BCUT2D eigenvalue weighted by molar-refractivity contribution is 5.80. The van der Waals surface area contributed by atoms with Gasteiger partial charge >= 0.3 is 0 Å². The van der Waals surface area contributed by atoms with Crippen LogP contribution in [0.25, 0.3) is 0 Å². The van der Waals surface area contributed by atoms with E-state index < -0.39 is 0 Å². The van der Waals surface area contributed by atoms with E-state index in [1.165, 1.54) is 5.69 Å². The average molecular weight is 270 g/mol. The van der Waals surface area contributed by atoms with Crippen molar-refractivity contribution in [2.75, 3.05) is 31.1 Å². The van der Waals surface area contributed by atoms with Gasteiger partial charge in [-0.1, -0.05) is 24.1 Å². The second-order valence-corrected chi connectivity index (χ2v) is 4.81. The Kier molecular flexibility index (Phi) is 5.31. The number of anilines is 1. The van der Waals surface area contributed by atoms with Gasteiger partial charge in [0.1, 0.15) is 6.54 Å². The molecule has 1 unspecified atom stereocenters. The van der Waals surface area contributed by atoms with E-state index in [4.69, 9.17) is 6.42 Å². The lowest BCUT2D eigenvalue weighted by atomic mass is 10.3. The molecule has 1 aliphatic heterocycles. The molecule has 0 spiro atoms. The highest BCUT2D eigenvalue weighted by Crippen LogP contribution is 2.19. The summed E-state index contributed by atoms with van der Waals surface area (Å²) in [4.78, 5) is 6.72. The monoisotopic (exact) mass is 270 g/mol. The Labute approximate surface area is 121 Å². The minimum atomic E-state index is 0.407. The SMILES string of the molecule is C#CCN=C(NCC)NC1CCN(c2ccccc2)C1. The smallest absolute Gasteiger partial charge is 0.192 e. The number of rotatable bonds is 4. The van der Waals surface area contributed by atoms with Crippen molar-refractivity contribution in [2.24, 2.45) is 4.99 Å². The summed E-state index contributed by atoms with van der Waals surface area (Å²) in [5, 5.41) is 6.68. The van der Waals surface area contributed by atoms with Crippen LogP contribution in [0, 0.1) is 12.3 Å². The van der Waals surface area contributed by atoms with Crippen LogP contribution in [0.4, 0.5) is 5.69 Å². The average Bonchev–Trinajstić information content (AvgIpc) is 2.94. The number of benzene rings is 1. The molecule has 20 heavy (non-hydrogen) atoms. The number of nitrogens with one attached hydrogen (secondary N) is 2. The summed E-state index contributed by atoms with van der Waals surface area (Å²) in [6.45, 7) is 5.36. The number of hydrogen-bond acceptors (Lipinski definition) is 2. The number of aliphatic imine (C=N–C) groups is 1. The molecule has 1 aromatic rings. The molecule has 1 atom stereocenters. The van der Waals surface area contributed by atoms with Gasteiger partial charge in [0.2, 0.25) is 0 Å². The van der Waals surface area contributed by atoms with Crippen LogP contribution in [0.2, 0.25) is 0 Å². The van der Waals surface area contributed by atoms with Crippen LogP contribution in [0.1, 0.15) is 13.3 Å². The highest BCUT2D eigenvalue weighted by Gasteiger charge is 2.23. The molecule has 2 rings (SSSR count). The third kappa shape index (κ3) is 3.92. The first kappa shape index (κ1) is 14.3. The molecule has 1 fully saturated rings. The van der Waals surface area contributed by atoms with Crippen molar-refractivity contribution in [2.45, 2.75) is 19.4 Å². The molecule has 1 heterocycles. The van der Waals surface area contributed by atoms with Gasteiger partial charge in [-0.25, -0.2) is 4.99 Å². The van der Waals surface area contributed by atoms with E-state index in [-0.39, 0.29) is 0 Å². The number of nitrogens with zero attached hydrogens (tertiary/aromatic N) is 2. The maximum absolute atomic E-state index is 5.26. The first-order valence-corrected chi connectivity index (χ1v) is 7.11. The van der Waals surface area contributed by atoms with E-state index in [0.29, 0.717) is 12.6 Å². The third-order valence-corrected chi connectivity index (χ3v) is 3.32. The topological polar surface area (TPSA) is 39.7 Å². The molecule has 1 saturated heterocycles. The lowest BCUT2D eigenvalue weighted by Crippen LogP contribution is -2.44. The first-order chi connectivity index (χ1) is 9.83. The predicted molar refractivity (Wildman–Crippen MR) is 85.0 cm³/mol. The van der Waals surface area contributed by atoms with Crippen LogP contribution in [0.5, 0.6) is 0 Å². The van der Waals surface area contributed by atoms with Gasteiger partial charge in [-0.2, -0.15) is 0 Å². The van der Waals surface area contributed by atoms with Crippen molar-refractivity contribution in [3.8, 4) is 12.3 Å². The van der Waals surface area contributed by atoms with Crippen molar-refractivity contribution in [3.63, 3.8) is 0 Å². The Bertz CT molecular complexity index is 475. The molecule has 0 saturated carbocycles. The van der Waals surface area contributed by atoms with E-state index in [9.17, 15) is 0 Å². The molecular formula is C16H22N4. The van der Waals surface area contributed by atoms with Gasteiger partial charge < -0.3 is 15.5 Å². The zero-order valence-electron chi connectivity index (χ0n) is 12.0. The zero-order valence-corrected chi connectivity index (χ0v) is 12.0. The molecule has 0 bridgehead atoms. The second kappa shape index (κ2) is 7.44. The second-order valence-electron chi connectivity index (χ2n) is 4.81. The normalized spacial score (nSPS) is 18.7. The van der Waals surface area contributed by atoms with E-state index in [2.05, 4.69) is 57.6 Å². The van der Waals surface area contributed by atoms with Crippen LogP contribution in [0.3, 0.4) is 0 Å². The number of para-hydroxylation sites is 1. The molecule has 1 aliphatic rings. The maximum Gasteiger partial charge on any atom is 0.192 e. The summed E-state index contributed by atoms with van der Waals surface area (Å²) in [6, 6.07) is 10.9. The molecule has 0 aliphatic carbocycles. The molecule has 2 N–H and O–H groups in total. The van der Waals surface area contributed by atoms with Crippen LogP contribution in [-0.4, -0.2) is 38.2 Å². The summed E-state index contributed by atoms with van der Waals surface area (Å²) >= 11 is 0. The van der Waals surface area contributed by atoms with Crippen LogP contribution >= 0.6 is 0 Å². The maximum atomic E-state index is 5.26. The van der Waals surface area contributed by atoms with Crippen LogP contribution in [-0.2, 0) is 0 Å². The Balaban J connectivity index is 1.90. The molecule has 106 valence electrons. The summed E-state index contributed by atoms with van der Waals surface area (Å²) in [6.07, 6.45) is 6.36. The molecule has 1 aromatic carbocycles. The molecule has 0 radical (unpaired) electrons. The van der Waals surface area contributed by atoms with E-state index >= 15 is 0 Å². The van der Waals surface area contributed by atoms with Gasteiger partial charge in [-0.05, 0) is 25.5 Å². The summed E-state index contributed by atoms with van der Waals surface area (Å²) in [5.41, 5.74) is 1.28. The standard InChI is InChI=1S/C16H22N4/c1-3-11-18-16(17-4-2)19-14-10-12-20(13-14)15-8-6-5-7-9-15/h1,5-9,14H,4,10-13H2,2H3,(H2,17,18,19). The molecule has 4 heteroatoms. The van der Waals surface area contributed by atoms with Gasteiger partial charge in [-0.3, -0.25) is 0 Å². The van der Waals surface area contributed by atoms with Crippen LogP contribution in [0.15, 0.2) is 35.3 Å². The largest absolute Gasteiger partial charge is 0.369 e. The third-order valence-electron chi connectivity index (χ3n) is 3.32. The van der Waals surface area contributed by atoms with Crippen molar-refractivity contribution in [1.82, 2.24) is 10.6 Å². The fourth-order valence-electron chi connectivity index (χ4n) is 2.39. The van der Waals surface area contributed by atoms with Gasteiger partial charge in [0, 0.05) is 31.4 Å². The van der Waals surface area contributed by atoms with Crippen molar-refractivity contribution in [3.05, 3.63) is 30.3 Å². The molecule has 4 nitrogen and oxygen atoms in total. The Morgan fingerprint density at radius 1 is 1.45 bits per heavy atom. The lowest BCUT2D eigenvalue weighted by molar-refractivity contribution is 0.651. The quantitative estimate of drug-likeness (QED) is 0.494. The van der Waals surface area contributed by atoms with E-state index in [1.54, 1.807) is 0 Å². The van der Waals surface area contributed by atoms with E-state index in [0.717, 1.165) is 32.0 Å². The van der Waals surface area contributed by atoms with Crippen molar-refractivity contribution in [1.29, 1.82) is 0 Å². The molecule has 0 aromatic heterocycles. The lowest BCUT2D eigenvalue weighted by Gasteiger charge is -2.20. The van der Waals surface area contributed by atoms with Gasteiger partial charge in [-0.15, -0.1) is 6.42 Å². The summed E-state index contributed by atoms with van der Waals surface area (Å²) in [5.74, 6) is 3.35. The Morgan fingerprint density at radius 3 is 2.95 bits per heavy atom. The fraction of sp³-hybridized carbons (Fsp3) is 0.438. The Hall–Kier alpha value is -2.15. The summed E-state index contributed by atoms with van der Waals surface area (Å²) in [7, 11) is 0. The van der Waals surface area contributed by atoms with E-state index in [1.807, 2.05) is 6.07 Å². The van der Waals surface area contributed by atoms with Gasteiger partial charge in [0.05, 0.1) is 0 Å². The minimum absolute atomic E-state index is 0.407. The number of hydrogen-bond donors (Lipinski definition) is 2. The number of terminal acetylenes is 1. The zero-order chi connectivity index (χ0) is 14.2. The predicted octanol–water partition coefficient (Wildman–Crippen LogP) is 1.45. The summed E-state index contributed by atoms with van der Waals surface area (Å²) < 4.78 is 0. The van der Waals surface area contributed by atoms with Crippen molar-refractivity contribution < 1.29 is 0 Å². The minimum Gasteiger partial charge on any atom is -0.369 e. The number of guanidine groups is 1. The first-order valence-electron chi connectivity index (χ1n) is 7.11. The molecular weight excluding hydrogens is 248 g/mol. The van der Waals surface area contributed by atoms with Gasteiger partial charge in [0.25, 0.3) is 0 Å². The fourth-order valence-corrected chi connectivity index (χ4v) is 2.39. The van der Waals surface area contributed by atoms with Crippen molar-refractivity contribution >= 4 is 11.6 Å².